The number of hydrogen-bond donors (Lipinski definition) is 0. The fraction of sp³-hybridized carbons (Fsp3) is 0.417. The third-order valence-electron chi connectivity index (χ3n) is 6.00. The minimum atomic E-state index is -0.878. The molecule has 0 radical (unpaired) electrons. The molecule has 4 rings (SSSR count). The highest BCUT2D eigenvalue weighted by atomic mass is 16.5. The lowest BCUT2D eigenvalue weighted by Gasteiger charge is -2.34. The van der Waals surface area contributed by atoms with Gasteiger partial charge < -0.3 is 14.1 Å². The van der Waals surface area contributed by atoms with Crippen molar-refractivity contribution in [3.63, 3.8) is 0 Å². The Kier molecular flexibility index (Phi) is 6.39. The first-order valence-electron chi connectivity index (χ1n) is 11.0. The van der Waals surface area contributed by atoms with Crippen molar-refractivity contribution in [3.8, 4) is 5.75 Å². The van der Waals surface area contributed by atoms with E-state index in [4.69, 9.17) is 9.15 Å². The SMILES string of the molecule is CC(=O)Oc1ccc(N2C(=O)CC(N(C(=O)c3ccco3)C3CCCCCC3)C2=O)cc1. The average Bonchev–Trinajstić information content (AvgIpc) is 3.30. The van der Waals surface area contributed by atoms with Crippen LogP contribution >= 0.6 is 0 Å². The topological polar surface area (TPSA) is 97.1 Å². The largest absolute Gasteiger partial charge is 0.459 e. The van der Waals surface area contributed by atoms with Crippen LogP contribution in [-0.2, 0) is 14.4 Å². The molecule has 1 saturated carbocycles. The van der Waals surface area contributed by atoms with E-state index >= 15 is 0 Å². The molecule has 3 amide bonds. The monoisotopic (exact) mass is 438 g/mol. The Bertz CT molecular complexity index is 990. The van der Waals surface area contributed by atoms with Crippen molar-refractivity contribution in [2.75, 3.05) is 4.90 Å². The molecule has 1 atom stereocenters. The van der Waals surface area contributed by atoms with Gasteiger partial charge in [-0.25, -0.2) is 4.90 Å². The van der Waals surface area contributed by atoms with Crippen LogP contribution in [0.2, 0.25) is 0 Å². The van der Waals surface area contributed by atoms with Gasteiger partial charge in [-0.2, -0.15) is 0 Å². The Labute approximate surface area is 186 Å². The van der Waals surface area contributed by atoms with Crippen LogP contribution in [0.15, 0.2) is 47.1 Å². The Hall–Kier alpha value is -3.42. The molecule has 1 aliphatic carbocycles. The van der Waals surface area contributed by atoms with Crippen LogP contribution in [0.1, 0.15) is 62.4 Å². The first kappa shape index (κ1) is 21.8. The van der Waals surface area contributed by atoms with Crippen molar-refractivity contribution < 1.29 is 28.3 Å². The zero-order valence-corrected chi connectivity index (χ0v) is 18.0. The van der Waals surface area contributed by atoms with Crippen molar-refractivity contribution >= 4 is 29.4 Å². The molecule has 0 spiro atoms. The van der Waals surface area contributed by atoms with E-state index in [1.807, 2.05) is 0 Å². The molecule has 0 bridgehead atoms. The molecule has 1 unspecified atom stereocenters. The lowest BCUT2D eigenvalue weighted by atomic mass is 10.0. The zero-order valence-electron chi connectivity index (χ0n) is 18.0. The van der Waals surface area contributed by atoms with Gasteiger partial charge in [0.2, 0.25) is 5.91 Å². The lowest BCUT2D eigenvalue weighted by molar-refractivity contribution is -0.132. The van der Waals surface area contributed by atoms with Gasteiger partial charge >= 0.3 is 5.97 Å². The summed E-state index contributed by atoms with van der Waals surface area (Å²) in [5.41, 5.74) is 0.379. The van der Waals surface area contributed by atoms with E-state index in [9.17, 15) is 19.2 Å². The number of hydrogen-bond acceptors (Lipinski definition) is 6. The molecule has 2 aliphatic rings. The average molecular weight is 438 g/mol. The van der Waals surface area contributed by atoms with Crippen LogP contribution in [0.3, 0.4) is 0 Å². The molecule has 1 aromatic heterocycles. The summed E-state index contributed by atoms with van der Waals surface area (Å²) in [6, 6.07) is 8.39. The molecule has 168 valence electrons. The van der Waals surface area contributed by atoms with Gasteiger partial charge in [0.25, 0.3) is 11.8 Å². The first-order chi connectivity index (χ1) is 15.5. The molecule has 2 fully saturated rings. The van der Waals surface area contributed by atoms with Gasteiger partial charge in [-0.15, -0.1) is 0 Å². The number of rotatable bonds is 5. The summed E-state index contributed by atoms with van der Waals surface area (Å²) in [6.07, 6.45) is 7.08. The van der Waals surface area contributed by atoms with Crippen molar-refractivity contribution in [3.05, 3.63) is 48.4 Å². The van der Waals surface area contributed by atoms with Gasteiger partial charge in [0.1, 0.15) is 11.8 Å². The number of ether oxygens (including phenoxy) is 1. The van der Waals surface area contributed by atoms with Crippen molar-refractivity contribution in [2.24, 2.45) is 0 Å². The zero-order chi connectivity index (χ0) is 22.7. The van der Waals surface area contributed by atoms with Crippen molar-refractivity contribution in [1.82, 2.24) is 4.90 Å². The van der Waals surface area contributed by atoms with E-state index in [1.165, 1.54) is 25.3 Å². The number of amides is 3. The maximum atomic E-state index is 13.4. The van der Waals surface area contributed by atoms with Gasteiger partial charge in [-0.1, -0.05) is 25.7 Å². The molecule has 8 nitrogen and oxygen atoms in total. The number of esters is 1. The Morgan fingerprint density at radius 3 is 2.31 bits per heavy atom. The highest BCUT2D eigenvalue weighted by Gasteiger charge is 2.47. The molecule has 1 saturated heterocycles. The van der Waals surface area contributed by atoms with Crippen LogP contribution in [0, 0.1) is 0 Å². The molecule has 1 aromatic carbocycles. The van der Waals surface area contributed by atoms with Gasteiger partial charge in [0, 0.05) is 13.0 Å². The van der Waals surface area contributed by atoms with Crippen LogP contribution in [-0.4, -0.2) is 40.7 Å². The van der Waals surface area contributed by atoms with E-state index in [-0.39, 0.29) is 30.0 Å². The maximum Gasteiger partial charge on any atom is 0.308 e. The third kappa shape index (κ3) is 4.44. The lowest BCUT2D eigenvalue weighted by Crippen LogP contribution is -2.50. The van der Waals surface area contributed by atoms with E-state index in [1.54, 1.807) is 29.2 Å². The summed E-state index contributed by atoms with van der Waals surface area (Å²) in [7, 11) is 0. The highest BCUT2D eigenvalue weighted by Crippen LogP contribution is 2.32. The molecule has 1 aliphatic heterocycles. The fourth-order valence-corrected chi connectivity index (χ4v) is 4.56. The Morgan fingerprint density at radius 2 is 1.72 bits per heavy atom. The maximum absolute atomic E-state index is 13.4. The predicted octanol–water partition coefficient (Wildman–Crippen LogP) is 3.70. The molecule has 2 heterocycles. The molecular formula is C24H26N2O6. The van der Waals surface area contributed by atoms with E-state index in [0.29, 0.717) is 11.4 Å². The summed E-state index contributed by atoms with van der Waals surface area (Å²) < 4.78 is 10.4. The second kappa shape index (κ2) is 9.38. The van der Waals surface area contributed by atoms with Crippen LogP contribution < -0.4 is 9.64 Å². The number of nitrogens with zero attached hydrogens (tertiary/aromatic N) is 2. The normalized spacial score (nSPS) is 19.7. The number of imide groups is 1. The van der Waals surface area contributed by atoms with Gasteiger partial charge in [-0.3, -0.25) is 19.2 Å². The van der Waals surface area contributed by atoms with Gasteiger partial charge in [0.05, 0.1) is 18.4 Å². The summed E-state index contributed by atoms with van der Waals surface area (Å²) in [5, 5.41) is 0. The summed E-state index contributed by atoms with van der Waals surface area (Å²) in [5.74, 6) is -1.13. The van der Waals surface area contributed by atoms with Crippen LogP contribution in [0.25, 0.3) is 0 Å². The van der Waals surface area contributed by atoms with E-state index in [0.717, 1.165) is 43.4 Å². The molecule has 8 heteroatoms. The van der Waals surface area contributed by atoms with E-state index in [2.05, 4.69) is 0 Å². The minimum Gasteiger partial charge on any atom is -0.459 e. The van der Waals surface area contributed by atoms with Crippen molar-refractivity contribution in [2.45, 2.75) is 64.0 Å². The highest BCUT2D eigenvalue weighted by molar-refractivity contribution is 6.23. The number of furan rings is 1. The molecular weight excluding hydrogens is 412 g/mol. The molecule has 32 heavy (non-hydrogen) atoms. The van der Waals surface area contributed by atoms with Crippen molar-refractivity contribution in [1.29, 1.82) is 0 Å². The minimum absolute atomic E-state index is 0.0759. The first-order valence-corrected chi connectivity index (χ1v) is 11.0. The van der Waals surface area contributed by atoms with Crippen LogP contribution in [0.4, 0.5) is 5.69 Å². The number of carbonyl (C=O) groups excluding carboxylic acids is 4. The summed E-state index contributed by atoms with van der Waals surface area (Å²) in [6.45, 7) is 1.30. The second-order valence-electron chi connectivity index (χ2n) is 8.21. The fourth-order valence-electron chi connectivity index (χ4n) is 4.56. The molecule has 2 aromatic rings. The summed E-state index contributed by atoms with van der Waals surface area (Å²) >= 11 is 0. The molecule has 0 N–H and O–H groups in total. The predicted molar refractivity (Wildman–Crippen MR) is 115 cm³/mol. The van der Waals surface area contributed by atoms with E-state index < -0.39 is 17.9 Å². The smallest absolute Gasteiger partial charge is 0.308 e. The van der Waals surface area contributed by atoms with Crippen LogP contribution in [0.5, 0.6) is 5.75 Å². The number of benzene rings is 1. The number of anilines is 1. The van der Waals surface area contributed by atoms with Gasteiger partial charge in [0.15, 0.2) is 5.76 Å². The summed E-state index contributed by atoms with van der Waals surface area (Å²) in [4.78, 5) is 53.5. The quantitative estimate of drug-likeness (QED) is 0.306. The van der Waals surface area contributed by atoms with Gasteiger partial charge in [-0.05, 0) is 49.2 Å². The third-order valence-corrected chi connectivity index (χ3v) is 6.00. The number of carbonyl (C=O) groups is 4. The second-order valence-corrected chi connectivity index (χ2v) is 8.21. The Morgan fingerprint density at radius 1 is 1.03 bits per heavy atom. The Balaban J connectivity index is 1.62. The standard InChI is InChI=1S/C24H26N2O6/c1-16(27)32-19-12-10-18(11-13-19)26-22(28)15-20(23(26)29)25(17-7-4-2-3-5-8-17)24(30)21-9-6-14-31-21/h6,9-14,17,20H,2-5,7-8,15H2,1H3.